The van der Waals surface area contributed by atoms with Gasteiger partial charge in [0, 0.05) is 0 Å². The number of hydrogen-bond donors (Lipinski definition) is 2. The van der Waals surface area contributed by atoms with Crippen LogP contribution in [0.25, 0.3) is 22.3 Å². The summed E-state index contributed by atoms with van der Waals surface area (Å²) in [5, 5.41) is 7.34. The van der Waals surface area contributed by atoms with Crippen molar-refractivity contribution in [1.82, 2.24) is 10.6 Å². The van der Waals surface area contributed by atoms with Crippen molar-refractivity contribution in [3.05, 3.63) is 130 Å². The Morgan fingerprint density at radius 1 is 0.548 bits per heavy atom. The van der Waals surface area contributed by atoms with Crippen LogP contribution in [0.2, 0.25) is 0 Å². The number of benzene rings is 4. The molecule has 152 valence electrons. The van der Waals surface area contributed by atoms with Crippen molar-refractivity contribution in [2.45, 2.75) is 12.2 Å². The van der Waals surface area contributed by atoms with Crippen LogP contribution in [0.5, 0.6) is 0 Å². The van der Waals surface area contributed by atoms with Crippen LogP contribution in [-0.2, 0) is 0 Å². The van der Waals surface area contributed by atoms with Crippen molar-refractivity contribution in [3.8, 4) is 22.3 Å². The molecule has 4 aromatic rings. The number of nitrogens with one attached hydrogen (secondary N) is 2. The molecule has 0 amide bonds. The normalized spacial score (nSPS) is 18.2. The Morgan fingerprint density at radius 3 is 1.61 bits per heavy atom. The number of halogens is 1. The predicted octanol–water partition coefficient (Wildman–Crippen LogP) is 7.23. The molecule has 1 aliphatic rings. The Bertz CT molecular complexity index is 1130. The molecule has 1 heterocycles. The van der Waals surface area contributed by atoms with E-state index in [1.54, 1.807) is 0 Å². The van der Waals surface area contributed by atoms with Gasteiger partial charge in [0.1, 0.15) is 6.17 Å². The zero-order valence-corrected chi connectivity index (χ0v) is 19.2. The molecule has 2 atom stereocenters. The first-order valence-electron chi connectivity index (χ1n) is 10.5. The van der Waals surface area contributed by atoms with Crippen molar-refractivity contribution >= 4 is 22.6 Å². The lowest BCUT2D eigenvalue weighted by atomic mass is 9.93. The summed E-state index contributed by atoms with van der Waals surface area (Å²) in [5.41, 5.74) is 7.42. The van der Waals surface area contributed by atoms with E-state index in [1.165, 1.54) is 33.4 Å². The molecule has 5 rings (SSSR count). The molecule has 0 radical (unpaired) electrons. The Balaban J connectivity index is 1.58. The van der Waals surface area contributed by atoms with Crippen LogP contribution in [0, 0.1) is 0 Å². The highest BCUT2D eigenvalue weighted by molar-refractivity contribution is 14.1. The van der Waals surface area contributed by atoms with E-state index in [9.17, 15) is 0 Å². The first kappa shape index (κ1) is 20.0. The topological polar surface area (TPSA) is 24.1 Å². The maximum absolute atomic E-state index is 3.78. The lowest BCUT2D eigenvalue weighted by molar-refractivity contribution is 0.431. The first-order valence-corrected chi connectivity index (χ1v) is 11.5. The van der Waals surface area contributed by atoms with E-state index >= 15 is 0 Å². The van der Waals surface area contributed by atoms with Crippen LogP contribution < -0.4 is 10.6 Å². The third-order valence-corrected chi connectivity index (χ3v) is 6.27. The molecule has 4 aromatic carbocycles. The first-order chi connectivity index (χ1) is 15.3. The van der Waals surface area contributed by atoms with E-state index in [-0.39, 0.29) is 12.2 Å². The maximum Gasteiger partial charge on any atom is 0.104 e. The van der Waals surface area contributed by atoms with Crippen molar-refractivity contribution in [2.75, 3.05) is 0 Å². The summed E-state index contributed by atoms with van der Waals surface area (Å²) < 4.78 is 1.15. The van der Waals surface area contributed by atoms with E-state index in [0.29, 0.717) is 0 Å². The second-order valence-electron chi connectivity index (χ2n) is 7.72. The van der Waals surface area contributed by atoms with E-state index in [2.05, 4.69) is 148 Å². The van der Waals surface area contributed by atoms with Crippen LogP contribution >= 0.6 is 22.6 Å². The number of hydrogen-bond acceptors (Lipinski definition) is 2. The van der Waals surface area contributed by atoms with Gasteiger partial charge in [0.05, 0.1) is 9.75 Å². The molecule has 0 aromatic heterocycles. The van der Waals surface area contributed by atoms with Gasteiger partial charge in [0.2, 0.25) is 0 Å². The molecule has 2 unspecified atom stereocenters. The van der Waals surface area contributed by atoms with Gasteiger partial charge in [-0.1, -0.05) is 91.0 Å². The summed E-state index contributed by atoms with van der Waals surface area (Å²) in [6.45, 7) is 0. The van der Waals surface area contributed by atoms with Crippen molar-refractivity contribution in [3.63, 3.8) is 0 Å². The molecule has 0 spiro atoms. The average Bonchev–Trinajstić information content (AvgIpc) is 2.85. The van der Waals surface area contributed by atoms with Gasteiger partial charge in [-0.2, -0.15) is 0 Å². The molecule has 0 saturated carbocycles. The van der Waals surface area contributed by atoms with Gasteiger partial charge in [0.25, 0.3) is 0 Å². The molecule has 0 fully saturated rings. The molecule has 2 N–H and O–H groups in total. The molecule has 0 aliphatic carbocycles. The highest BCUT2D eigenvalue weighted by atomic mass is 127. The molecule has 0 bridgehead atoms. The molecule has 31 heavy (non-hydrogen) atoms. The molecule has 3 heteroatoms. The number of rotatable bonds is 4. The van der Waals surface area contributed by atoms with Crippen LogP contribution in [0.3, 0.4) is 0 Å². The Labute approximate surface area is 197 Å². The highest BCUT2D eigenvalue weighted by Crippen LogP contribution is 2.34. The smallest absolute Gasteiger partial charge is 0.104 e. The van der Waals surface area contributed by atoms with Crippen LogP contribution in [0.4, 0.5) is 0 Å². The Kier molecular flexibility index (Phi) is 5.87. The van der Waals surface area contributed by atoms with E-state index in [1.807, 2.05) is 0 Å². The van der Waals surface area contributed by atoms with Gasteiger partial charge in [-0.3, -0.25) is 5.32 Å². The molecule has 1 aliphatic heterocycles. The molecule has 2 nitrogen and oxygen atoms in total. The molecular weight excluding hydrogens is 491 g/mol. The predicted molar refractivity (Wildman–Crippen MR) is 138 cm³/mol. The monoisotopic (exact) mass is 514 g/mol. The summed E-state index contributed by atoms with van der Waals surface area (Å²) in [6, 6.07) is 38.8. The SMILES string of the molecule is IC1=CC(c2cc(-c3ccccc3)cc(-c3ccccc3)c2)NC(c2ccccc2)N1. The van der Waals surface area contributed by atoms with Gasteiger partial charge < -0.3 is 5.32 Å². The Morgan fingerprint density at radius 2 is 1.06 bits per heavy atom. The minimum atomic E-state index is 0.0728. The minimum absolute atomic E-state index is 0.0728. The van der Waals surface area contributed by atoms with Crippen LogP contribution in [0.1, 0.15) is 23.3 Å². The van der Waals surface area contributed by atoms with Crippen LogP contribution in [-0.4, -0.2) is 0 Å². The van der Waals surface area contributed by atoms with Gasteiger partial charge in [-0.05, 0) is 80.2 Å². The van der Waals surface area contributed by atoms with Crippen molar-refractivity contribution in [1.29, 1.82) is 0 Å². The fourth-order valence-electron chi connectivity index (χ4n) is 4.04. The van der Waals surface area contributed by atoms with E-state index < -0.39 is 0 Å². The zero-order valence-electron chi connectivity index (χ0n) is 17.0. The lowest BCUT2D eigenvalue weighted by Crippen LogP contribution is -2.38. The fraction of sp³-hybridized carbons (Fsp3) is 0.0714. The van der Waals surface area contributed by atoms with Crippen molar-refractivity contribution < 1.29 is 0 Å². The van der Waals surface area contributed by atoms with E-state index in [0.717, 1.165) is 3.70 Å². The third kappa shape index (κ3) is 4.58. The average molecular weight is 514 g/mol. The van der Waals surface area contributed by atoms with Crippen LogP contribution in [0.15, 0.2) is 119 Å². The summed E-state index contributed by atoms with van der Waals surface area (Å²) in [4.78, 5) is 0. The maximum atomic E-state index is 3.78. The van der Waals surface area contributed by atoms with Gasteiger partial charge in [-0.25, -0.2) is 0 Å². The quantitative estimate of drug-likeness (QED) is 0.222. The second kappa shape index (κ2) is 9.08. The third-order valence-electron chi connectivity index (χ3n) is 5.60. The standard InChI is InChI=1S/C28H23IN2/c29-27-19-26(30-28(31-27)22-14-8-3-9-15-22)25-17-23(20-10-4-1-5-11-20)16-24(18-25)21-12-6-2-7-13-21/h1-19,26,28,30-31H. The van der Waals surface area contributed by atoms with Gasteiger partial charge >= 0.3 is 0 Å². The van der Waals surface area contributed by atoms with Crippen molar-refractivity contribution in [2.24, 2.45) is 0 Å². The lowest BCUT2D eigenvalue weighted by Gasteiger charge is -2.31. The molecule has 0 saturated heterocycles. The summed E-state index contributed by atoms with van der Waals surface area (Å²) in [5.74, 6) is 0. The summed E-state index contributed by atoms with van der Waals surface area (Å²) in [7, 11) is 0. The summed E-state index contributed by atoms with van der Waals surface area (Å²) in [6.07, 6.45) is 2.34. The minimum Gasteiger partial charge on any atom is -0.361 e. The fourth-order valence-corrected chi connectivity index (χ4v) is 4.72. The largest absolute Gasteiger partial charge is 0.361 e. The molecular formula is C28H23IN2. The second-order valence-corrected chi connectivity index (χ2v) is 8.88. The van der Waals surface area contributed by atoms with E-state index in [4.69, 9.17) is 0 Å². The van der Waals surface area contributed by atoms with Gasteiger partial charge in [-0.15, -0.1) is 0 Å². The highest BCUT2D eigenvalue weighted by Gasteiger charge is 2.23. The zero-order chi connectivity index (χ0) is 21.0. The summed E-state index contributed by atoms with van der Waals surface area (Å²) >= 11 is 2.39. The Hall–Kier alpha value is -2.89. The van der Waals surface area contributed by atoms with Gasteiger partial charge in [0.15, 0.2) is 0 Å².